The molecule has 4 aromatic carbocycles. The minimum atomic E-state index is -0.305. The van der Waals surface area contributed by atoms with E-state index in [1.807, 2.05) is 72.8 Å². The van der Waals surface area contributed by atoms with Crippen LogP contribution in [0.1, 0.15) is 33.0 Å². The minimum absolute atomic E-state index is 0.0688. The standard InChI is InChI=1S/C31H23NO5S/c33-29(21-6-2-1-3-7-21)22-12-15-26-28(19-22)38-31(35)32(26)16-17-36-23-13-10-20(11-14-23)18-25-24-8-4-5-9-27(24)37-30(25)34/h1-15,19,25H,16-18H2. The summed E-state index contributed by atoms with van der Waals surface area (Å²) in [5.41, 5.74) is 3.89. The van der Waals surface area contributed by atoms with E-state index in [0.29, 0.717) is 42.2 Å². The normalized spacial score (nSPS) is 14.3. The number of thiazole rings is 1. The van der Waals surface area contributed by atoms with Gasteiger partial charge >= 0.3 is 10.8 Å². The molecular weight excluding hydrogens is 498 g/mol. The maximum Gasteiger partial charge on any atom is 0.319 e. The van der Waals surface area contributed by atoms with E-state index in [0.717, 1.165) is 32.7 Å². The van der Waals surface area contributed by atoms with Crippen LogP contribution in [0.3, 0.4) is 0 Å². The summed E-state index contributed by atoms with van der Waals surface area (Å²) in [6.45, 7) is 0.704. The smallest absolute Gasteiger partial charge is 0.319 e. The Bertz CT molecular complexity index is 1700. The topological polar surface area (TPSA) is 74.6 Å². The summed E-state index contributed by atoms with van der Waals surface area (Å²) < 4.78 is 13.7. The SMILES string of the molecule is O=C(c1ccccc1)c1ccc2c(c1)sc(=O)n2CCOc1ccc(CC2C(=O)Oc3ccccc32)cc1. The van der Waals surface area contributed by atoms with Crippen molar-refractivity contribution in [2.75, 3.05) is 6.61 Å². The van der Waals surface area contributed by atoms with Gasteiger partial charge in [-0.2, -0.15) is 0 Å². The van der Waals surface area contributed by atoms with Gasteiger partial charge in [0.05, 0.1) is 22.7 Å². The molecule has 1 atom stereocenters. The molecule has 6 nitrogen and oxygen atoms in total. The summed E-state index contributed by atoms with van der Waals surface area (Å²) in [4.78, 5) is 37.7. The molecular formula is C31H23NO5S. The summed E-state index contributed by atoms with van der Waals surface area (Å²) in [5, 5.41) is 0. The van der Waals surface area contributed by atoms with Crippen molar-refractivity contribution >= 4 is 33.3 Å². The average molecular weight is 522 g/mol. The Balaban J connectivity index is 1.10. The summed E-state index contributed by atoms with van der Waals surface area (Å²) in [6.07, 6.45) is 0.557. The van der Waals surface area contributed by atoms with Gasteiger partial charge in [-0.3, -0.25) is 19.0 Å². The number of hydrogen-bond donors (Lipinski definition) is 0. The van der Waals surface area contributed by atoms with Crippen molar-refractivity contribution in [1.29, 1.82) is 0 Å². The van der Waals surface area contributed by atoms with Gasteiger partial charge in [0.1, 0.15) is 18.1 Å². The molecule has 0 saturated carbocycles. The fourth-order valence-corrected chi connectivity index (χ4v) is 5.71. The molecule has 1 unspecified atom stereocenters. The highest BCUT2D eigenvalue weighted by Gasteiger charge is 2.32. The molecule has 38 heavy (non-hydrogen) atoms. The molecule has 1 aromatic heterocycles. The third-order valence-electron chi connectivity index (χ3n) is 6.70. The molecule has 0 amide bonds. The maximum absolute atomic E-state index is 12.8. The average Bonchev–Trinajstić information content (AvgIpc) is 3.44. The lowest BCUT2D eigenvalue weighted by Crippen LogP contribution is -2.17. The van der Waals surface area contributed by atoms with Crippen LogP contribution in [0, 0.1) is 0 Å². The van der Waals surface area contributed by atoms with Gasteiger partial charge in [0.15, 0.2) is 5.78 Å². The molecule has 0 aliphatic carbocycles. The van der Waals surface area contributed by atoms with Crippen LogP contribution < -0.4 is 14.3 Å². The van der Waals surface area contributed by atoms with Gasteiger partial charge < -0.3 is 9.47 Å². The molecule has 0 saturated heterocycles. The zero-order valence-electron chi connectivity index (χ0n) is 20.3. The molecule has 0 radical (unpaired) electrons. The van der Waals surface area contributed by atoms with E-state index in [2.05, 4.69) is 0 Å². The van der Waals surface area contributed by atoms with Crippen LogP contribution in [-0.4, -0.2) is 22.9 Å². The second-order valence-electron chi connectivity index (χ2n) is 9.11. The molecule has 2 heterocycles. The zero-order valence-corrected chi connectivity index (χ0v) is 21.1. The largest absolute Gasteiger partial charge is 0.492 e. The fraction of sp³-hybridized carbons (Fsp3) is 0.129. The molecule has 1 aliphatic rings. The highest BCUT2D eigenvalue weighted by Crippen LogP contribution is 2.36. The number of ketones is 1. The van der Waals surface area contributed by atoms with E-state index in [1.165, 1.54) is 0 Å². The summed E-state index contributed by atoms with van der Waals surface area (Å²) >= 11 is 1.13. The molecule has 0 bridgehead atoms. The highest BCUT2D eigenvalue weighted by atomic mass is 32.1. The summed E-state index contributed by atoms with van der Waals surface area (Å²) in [7, 11) is 0. The Labute approximate surface area is 222 Å². The van der Waals surface area contributed by atoms with Crippen LogP contribution in [-0.2, 0) is 17.8 Å². The Kier molecular flexibility index (Phi) is 6.35. The lowest BCUT2D eigenvalue weighted by molar-refractivity contribution is -0.134. The van der Waals surface area contributed by atoms with Crippen LogP contribution in [0.25, 0.3) is 10.2 Å². The minimum Gasteiger partial charge on any atom is -0.492 e. The Morgan fingerprint density at radius 2 is 1.63 bits per heavy atom. The summed E-state index contributed by atoms with van der Waals surface area (Å²) in [5.74, 6) is 0.724. The van der Waals surface area contributed by atoms with E-state index in [9.17, 15) is 14.4 Å². The third-order valence-corrected chi connectivity index (χ3v) is 7.64. The molecule has 0 spiro atoms. The van der Waals surface area contributed by atoms with Crippen LogP contribution in [0.2, 0.25) is 0 Å². The van der Waals surface area contributed by atoms with E-state index >= 15 is 0 Å². The number of ether oxygens (including phenoxy) is 2. The number of rotatable bonds is 8. The van der Waals surface area contributed by atoms with Crippen molar-refractivity contribution in [1.82, 2.24) is 4.57 Å². The first-order valence-corrected chi connectivity index (χ1v) is 13.1. The van der Waals surface area contributed by atoms with Crippen LogP contribution in [0.4, 0.5) is 0 Å². The predicted molar refractivity (Wildman–Crippen MR) is 146 cm³/mol. The number of carbonyl (C=O) groups is 2. The van der Waals surface area contributed by atoms with Gasteiger partial charge in [0, 0.05) is 16.7 Å². The molecule has 0 N–H and O–H groups in total. The van der Waals surface area contributed by atoms with E-state index in [4.69, 9.17) is 9.47 Å². The second-order valence-corrected chi connectivity index (χ2v) is 10.1. The fourth-order valence-electron chi connectivity index (χ4n) is 4.75. The van der Waals surface area contributed by atoms with Crippen molar-refractivity contribution < 1.29 is 19.1 Å². The Morgan fingerprint density at radius 1 is 0.868 bits per heavy atom. The number of benzene rings is 4. The predicted octanol–water partition coefficient (Wildman–Crippen LogP) is 5.62. The van der Waals surface area contributed by atoms with Gasteiger partial charge in [-0.15, -0.1) is 0 Å². The van der Waals surface area contributed by atoms with Crippen molar-refractivity contribution in [3.05, 3.63) is 129 Å². The number of aromatic nitrogens is 1. The van der Waals surface area contributed by atoms with Gasteiger partial charge in [-0.05, 0) is 48.4 Å². The van der Waals surface area contributed by atoms with Crippen LogP contribution in [0.5, 0.6) is 11.5 Å². The van der Waals surface area contributed by atoms with Gasteiger partial charge in [-0.1, -0.05) is 72.0 Å². The maximum atomic E-state index is 12.8. The van der Waals surface area contributed by atoms with E-state index < -0.39 is 0 Å². The van der Waals surface area contributed by atoms with Crippen molar-refractivity contribution in [2.45, 2.75) is 18.9 Å². The van der Waals surface area contributed by atoms with Crippen LogP contribution in [0.15, 0.2) is 102 Å². The first-order chi connectivity index (χ1) is 18.6. The molecule has 7 heteroatoms. The molecule has 6 rings (SSSR count). The van der Waals surface area contributed by atoms with Crippen molar-refractivity contribution in [2.24, 2.45) is 0 Å². The van der Waals surface area contributed by atoms with Gasteiger partial charge in [0.25, 0.3) is 0 Å². The molecule has 1 aliphatic heterocycles. The highest BCUT2D eigenvalue weighted by molar-refractivity contribution is 7.16. The van der Waals surface area contributed by atoms with Gasteiger partial charge in [-0.25, -0.2) is 0 Å². The lowest BCUT2D eigenvalue weighted by Gasteiger charge is -2.10. The number of carbonyl (C=O) groups excluding carboxylic acids is 2. The second kappa shape index (κ2) is 10.1. The van der Waals surface area contributed by atoms with E-state index in [-0.39, 0.29) is 22.5 Å². The first-order valence-electron chi connectivity index (χ1n) is 12.3. The number of esters is 1. The van der Waals surface area contributed by atoms with Crippen molar-refractivity contribution in [3.63, 3.8) is 0 Å². The first kappa shape index (κ1) is 23.9. The zero-order chi connectivity index (χ0) is 26.1. The number of nitrogens with zero attached hydrogens (tertiary/aromatic N) is 1. The Hall–Kier alpha value is -4.49. The molecule has 5 aromatic rings. The summed E-state index contributed by atoms with van der Waals surface area (Å²) in [6, 6.07) is 29.6. The number of para-hydroxylation sites is 1. The Morgan fingerprint density at radius 3 is 2.45 bits per heavy atom. The number of hydrogen-bond acceptors (Lipinski definition) is 6. The van der Waals surface area contributed by atoms with Gasteiger partial charge in [0.2, 0.25) is 0 Å². The van der Waals surface area contributed by atoms with Crippen LogP contribution >= 0.6 is 11.3 Å². The quantitative estimate of drug-likeness (QED) is 0.151. The van der Waals surface area contributed by atoms with Crippen molar-refractivity contribution in [3.8, 4) is 11.5 Å². The lowest BCUT2D eigenvalue weighted by atomic mass is 9.93. The molecule has 0 fully saturated rings. The van der Waals surface area contributed by atoms with E-state index in [1.54, 1.807) is 28.8 Å². The number of fused-ring (bicyclic) bond motifs is 2. The molecule has 188 valence electrons. The monoisotopic (exact) mass is 521 g/mol. The third kappa shape index (κ3) is 4.64.